The molecule has 0 aliphatic carbocycles. The molecule has 0 bridgehead atoms. The third-order valence-electron chi connectivity index (χ3n) is 4.78. The molecule has 1 N–H and O–H groups in total. The van der Waals surface area contributed by atoms with Crippen molar-refractivity contribution in [1.82, 2.24) is 9.29 Å². The number of aryl methyl sites for hydroxylation is 1. The number of hydrogen-bond acceptors (Lipinski definition) is 6. The topological polar surface area (TPSA) is 88.6 Å². The molecule has 1 amide bonds. The molecule has 0 spiro atoms. The molecular formula is C21H21N3O4S2. The molecule has 1 aromatic heterocycles. The van der Waals surface area contributed by atoms with Gasteiger partial charge in [0.2, 0.25) is 10.0 Å². The molecule has 0 atom stereocenters. The van der Waals surface area contributed by atoms with Crippen LogP contribution in [0.2, 0.25) is 0 Å². The van der Waals surface area contributed by atoms with E-state index in [-0.39, 0.29) is 10.5 Å². The monoisotopic (exact) mass is 443 g/mol. The van der Waals surface area contributed by atoms with Crippen molar-refractivity contribution >= 4 is 32.4 Å². The maximum absolute atomic E-state index is 12.8. The largest absolute Gasteiger partial charge is 0.379 e. The lowest BCUT2D eigenvalue weighted by atomic mass is 10.1. The van der Waals surface area contributed by atoms with E-state index in [1.165, 1.54) is 27.8 Å². The van der Waals surface area contributed by atoms with E-state index >= 15 is 0 Å². The van der Waals surface area contributed by atoms with Gasteiger partial charge >= 0.3 is 0 Å². The van der Waals surface area contributed by atoms with Crippen molar-refractivity contribution in [3.63, 3.8) is 0 Å². The third-order valence-corrected chi connectivity index (χ3v) is 7.43. The number of sulfonamides is 1. The first kappa shape index (κ1) is 20.7. The highest BCUT2D eigenvalue weighted by Crippen LogP contribution is 2.26. The summed E-state index contributed by atoms with van der Waals surface area (Å²) in [6.07, 6.45) is 0. The van der Waals surface area contributed by atoms with E-state index in [0.717, 1.165) is 16.8 Å². The normalized spacial score (nSPS) is 15.1. The first-order chi connectivity index (χ1) is 14.4. The quantitative estimate of drug-likeness (QED) is 0.653. The summed E-state index contributed by atoms with van der Waals surface area (Å²) in [4.78, 5) is 17.2. The molecule has 7 nitrogen and oxygen atoms in total. The van der Waals surface area contributed by atoms with Crippen molar-refractivity contribution in [2.24, 2.45) is 0 Å². The molecular weight excluding hydrogens is 422 g/mol. The van der Waals surface area contributed by atoms with Crippen LogP contribution in [0.5, 0.6) is 0 Å². The summed E-state index contributed by atoms with van der Waals surface area (Å²) in [6, 6.07) is 14.0. The Morgan fingerprint density at radius 2 is 1.87 bits per heavy atom. The molecule has 3 aromatic rings. The van der Waals surface area contributed by atoms with Gasteiger partial charge in [0.15, 0.2) is 5.13 Å². The summed E-state index contributed by atoms with van der Waals surface area (Å²) >= 11 is 1.32. The number of morpholine rings is 1. The molecule has 30 heavy (non-hydrogen) atoms. The Bertz CT molecular complexity index is 1150. The fourth-order valence-electron chi connectivity index (χ4n) is 3.09. The van der Waals surface area contributed by atoms with Gasteiger partial charge in [-0.25, -0.2) is 13.4 Å². The van der Waals surface area contributed by atoms with Crippen LogP contribution in [0, 0.1) is 6.92 Å². The zero-order chi connectivity index (χ0) is 21.1. The van der Waals surface area contributed by atoms with Crippen molar-refractivity contribution in [1.29, 1.82) is 0 Å². The fraction of sp³-hybridized carbons (Fsp3) is 0.238. The van der Waals surface area contributed by atoms with Gasteiger partial charge in [0, 0.05) is 29.6 Å². The number of nitrogens with zero attached hydrogens (tertiary/aromatic N) is 2. The summed E-state index contributed by atoms with van der Waals surface area (Å²) in [5, 5.41) is 5.09. The fourth-order valence-corrected chi connectivity index (χ4v) is 5.26. The van der Waals surface area contributed by atoms with Crippen LogP contribution < -0.4 is 5.32 Å². The molecule has 2 aromatic carbocycles. The van der Waals surface area contributed by atoms with E-state index in [1.807, 2.05) is 36.6 Å². The number of amides is 1. The number of carbonyl (C=O) groups is 1. The minimum absolute atomic E-state index is 0.0940. The molecule has 2 heterocycles. The van der Waals surface area contributed by atoms with Gasteiger partial charge in [0.1, 0.15) is 0 Å². The highest BCUT2D eigenvalue weighted by Gasteiger charge is 2.27. The molecule has 1 fully saturated rings. The molecule has 4 rings (SSSR count). The number of thiazole rings is 1. The zero-order valence-electron chi connectivity index (χ0n) is 16.4. The van der Waals surface area contributed by atoms with Gasteiger partial charge in [-0.2, -0.15) is 4.31 Å². The van der Waals surface area contributed by atoms with Crippen LogP contribution in [0.1, 0.15) is 15.9 Å². The Morgan fingerprint density at radius 3 is 2.60 bits per heavy atom. The minimum Gasteiger partial charge on any atom is -0.379 e. The van der Waals surface area contributed by atoms with Crippen molar-refractivity contribution < 1.29 is 17.9 Å². The highest BCUT2D eigenvalue weighted by molar-refractivity contribution is 7.89. The third kappa shape index (κ3) is 4.44. The lowest BCUT2D eigenvalue weighted by Gasteiger charge is -2.26. The number of anilines is 1. The van der Waals surface area contributed by atoms with Gasteiger partial charge in [-0.05, 0) is 25.1 Å². The standard InChI is InChI=1S/C21H21N3O4S2/c1-15-5-7-16(8-6-15)19-14-29-21(22-19)23-20(25)17-3-2-4-18(13-17)30(26,27)24-9-11-28-12-10-24/h2-8,13-14H,9-12H2,1H3,(H,22,23,25). The number of rotatable bonds is 5. The van der Waals surface area contributed by atoms with E-state index in [9.17, 15) is 13.2 Å². The minimum atomic E-state index is -3.67. The van der Waals surface area contributed by atoms with Crippen LogP contribution in [-0.4, -0.2) is 49.9 Å². The number of benzene rings is 2. The lowest BCUT2D eigenvalue weighted by Crippen LogP contribution is -2.40. The van der Waals surface area contributed by atoms with E-state index in [4.69, 9.17) is 4.74 Å². The second-order valence-electron chi connectivity index (χ2n) is 6.90. The Labute approximate surface area is 179 Å². The first-order valence-electron chi connectivity index (χ1n) is 9.45. The summed E-state index contributed by atoms with van der Waals surface area (Å²) in [5.74, 6) is -0.404. The molecule has 1 saturated heterocycles. The molecule has 0 saturated carbocycles. The number of hydrogen-bond donors (Lipinski definition) is 1. The predicted octanol–water partition coefficient (Wildman–Crippen LogP) is 3.39. The number of nitrogens with one attached hydrogen (secondary N) is 1. The number of ether oxygens (including phenoxy) is 1. The Hall–Kier alpha value is -2.59. The van der Waals surface area contributed by atoms with E-state index in [1.54, 1.807) is 12.1 Å². The van der Waals surface area contributed by atoms with Gasteiger partial charge < -0.3 is 4.74 Å². The first-order valence-corrected chi connectivity index (χ1v) is 11.8. The van der Waals surface area contributed by atoms with E-state index < -0.39 is 15.9 Å². The van der Waals surface area contributed by atoms with E-state index in [2.05, 4.69) is 10.3 Å². The SMILES string of the molecule is Cc1ccc(-c2csc(NC(=O)c3cccc(S(=O)(=O)N4CCOCC4)c3)n2)cc1. The average Bonchev–Trinajstić information content (AvgIpc) is 3.23. The van der Waals surface area contributed by atoms with Gasteiger partial charge in [-0.15, -0.1) is 11.3 Å². The van der Waals surface area contributed by atoms with Gasteiger partial charge in [0.25, 0.3) is 5.91 Å². The van der Waals surface area contributed by atoms with Crippen LogP contribution >= 0.6 is 11.3 Å². The molecule has 0 unspecified atom stereocenters. The number of aromatic nitrogens is 1. The van der Waals surface area contributed by atoms with E-state index in [0.29, 0.717) is 31.4 Å². The molecule has 0 radical (unpaired) electrons. The van der Waals surface area contributed by atoms with Crippen molar-refractivity contribution in [2.45, 2.75) is 11.8 Å². The van der Waals surface area contributed by atoms with Crippen LogP contribution in [0.4, 0.5) is 5.13 Å². The molecule has 1 aliphatic heterocycles. The summed E-state index contributed by atoms with van der Waals surface area (Å²) < 4.78 is 32.3. The second-order valence-corrected chi connectivity index (χ2v) is 9.70. The highest BCUT2D eigenvalue weighted by atomic mass is 32.2. The second kappa shape index (κ2) is 8.65. The molecule has 156 valence electrons. The lowest BCUT2D eigenvalue weighted by molar-refractivity contribution is 0.0730. The Balaban J connectivity index is 1.50. The van der Waals surface area contributed by atoms with Crippen LogP contribution in [-0.2, 0) is 14.8 Å². The van der Waals surface area contributed by atoms with Gasteiger partial charge in [0.05, 0.1) is 23.8 Å². The molecule has 1 aliphatic rings. The van der Waals surface area contributed by atoms with Gasteiger partial charge in [-0.1, -0.05) is 35.9 Å². The average molecular weight is 444 g/mol. The van der Waals surface area contributed by atoms with Crippen molar-refractivity contribution in [2.75, 3.05) is 31.6 Å². The summed E-state index contributed by atoms with van der Waals surface area (Å²) in [7, 11) is -3.67. The van der Waals surface area contributed by atoms with Crippen LogP contribution in [0.25, 0.3) is 11.3 Å². The summed E-state index contributed by atoms with van der Waals surface area (Å²) in [5.41, 5.74) is 3.17. The molecule has 9 heteroatoms. The Kier molecular flexibility index (Phi) is 5.96. The van der Waals surface area contributed by atoms with Crippen molar-refractivity contribution in [3.8, 4) is 11.3 Å². The summed E-state index contributed by atoms with van der Waals surface area (Å²) in [6.45, 7) is 3.36. The van der Waals surface area contributed by atoms with Gasteiger partial charge in [-0.3, -0.25) is 10.1 Å². The van der Waals surface area contributed by atoms with Crippen LogP contribution in [0.3, 0.4) is 0 Å². The maximum Gasteiger partial charge on any atom is 0.257 e. The smallest absolute Gasteiger partial charge is 0.257 e. The zero-order valence-corrected chi connectivity index (χ0v) is 18.0. The number of carbonyl (C=O) groups excluding carboxylic acids is 1. The maximum atomic E-state index is 12.8. The predicted molar refractivity (Wildman–Crippen MR) is 116 cm³/mol. The Morgan fingerprint density at radius 1 is 1.13 bits per heavy atom. The van der Waals surface area contributed by atoms with Crippen molar-refractivity contribution in [3.05, 3.63) is 65.0 Å². The van der Waals surface area contributed by atoms with Crippen LogP contribution in [0.15, 0.2) is 58.8 Å².